The van der Waals surface area contributed by atoms with Crippen LogP contribution in [0.5, 0.6) is 0 Å². The van der Waals surface area contributed by atoms with Crippen LogP contribution in [0.4, 0.5) is 5.69 Å². The van der Waals surface area contributed by atoms with Crippen LogP contribution in [0.1, 0.15) is 6.92 Å². The minimum absolute atomic E-state index is 0.00350. The van der Waals surface area contributed by atoms with E-state index in [1.165, 1.54) is 0 Å². The predicted molar refractivity (Wildman–Crippen MR) is 76.7 cm³/mol. The number of carbonyl (C=O) groups is 1. The molecule has 1 heterocycles. The summed E-state index contributed by atoms with van der Waals surface area (Å²) < 4.78 is 5.54. The van der Waals surface area contributed by atoms with Gasteiger partial charge in [-0.2, -0.15) is 0 Å². The van der Waals surface area contributed by atoms with Gasteiger partial charge in [0.05, 0.1) is 6.04 Å². The van der Waals surface area contributed by atoms with Gasteiger partial charge in [0.25, 0.3) is 5.91 Å². The lowest BCUT2D eigenvalue weighted by atomic mass is 9.98. The fourth-order valence-corrected chi connectivity index (χ4v) is 2.07. The topological polar surface area (TPSA) is 29.5 Å². The number of carbonyl (C=O) groups excluding carboxylic acids is 1. The number of β-lactam (4-membered cyclic amide) rings is 1. The number of anilines is 1. The van der Waals surface area contributed by atoms with Crippen molar-refractivity contribution in [2.45, 2.75) is 19.1 Å². The molecule has 2 rings (SSSR count). The highest BCUT2D eigenvalue weighted by Gasteiger charge is 2.47. The van der Waals surface area contributed by atoms with Crippen molar-refractivity contribution in [3.63, 3.8) is 0 Å². The van der Waals surface area contributed by atoms with E-state index in [0.29, 0.717) is 5.76 Å². The first-order valence-corrected chi connectivity index (χ1v) is 6.18. The Morgan fingerprint density at radius 3 is 2.63 bits per heavy atom. The first kappa shape index (κ1) is 13.1. The number of amides is 1. The van der Waals surface area contributed by atoms with Gasteiger partial charge in [-0.3, -0.25) is 4.79 Å². The smallest absolute Gasteiger partial charge is 0.270 e. The van der Waals surface area contributed by atoms with Crippen LogP contribution in [0.2, 0.25) is 0 Å². The van der Waals surface area contributed by atoms with Gasteiger partial charge in [-0.05, 0) is 25.1 Å². The summed E-state index contributed by atoms with van der Waals surface area (Å²) in [6.45, 7) is 9.28. The molecule has 1 aliphatic heterocycles. The molecule has 0 aromatic heterocycles. The van der Waals surface area contributed by atoms with Gasteiger partial charge in [-0.15, -0.1) is 0 Å². The summed E-state index contributed by atoms with van der Waals surface area (Å²) in [4.78, 5) is 13.8. The number of hydrogen-bond acceptors (Lipinski definition) is 2. The normalized spacial score (nSPS) is 22.2. The van der Waals surface area contributed by atoms with Crippen LogP contribution in [0.3, 0.4) is 0 Å². The highest BCUT2D eigenvalue weighted by atomic mass is 16.5. The summed E-state index contributed by atoms with van der Waals surface area (Å²) in [5.74, 6) is 0.435. The quantitative estimate of drug-likeness (QED) is 0.460. The molecule has 1 aromatic carbocycles. The SMILES string of the molecule is C=C/C=C\C(=C)OC1C(=O)N(c2ccccc2)C1C. The molecule has 1 fully saturated rings. The van der Waals surface area contributed by atoms with E-state index in [1.54, 1.807) is 23.1 Å². The van der Waals surface area contributed by atoms with E-state index in [9.17, 15) is 4.79 Å². The maximum absolute atomic E-state index is 12.1. The molecule has 19 heavy (non-hydrogen) atoms. The lowest BCUT2D eigenvalue weighted by molar-refractivity contribution is -0.137. The zero-order chi connectivity index (χ0) is 13.8. The lowest BCUT2D eigenvalue weighted by Gasteiger charge is -2.44. The molecule has 1 aliphatic rings. The van der Waals surface area contributed by atoms with Crippen molar-refractivity contribution in [1.82, 2.24) is 0 Å². The van der Waals surface area contributed by atoms with Crippen molar-refractivity contribution < 1.29 is 9.53 Å². The van der Waals surface area contributed by atoms with Gasteiger partial charge in [0, 0.05) is 5.69 Å². The van der Waals surface area contributed by atoms with Crippen LogP contribution < -0.4 is 4.90 Å². The zero-order valence-electron chi connectivity index (χ0n) is 11.0. The lowest BCUT2D eigenvalue weighted by Crippen LogP contribution is -2.64. The van der Waals surface area contributed by atoms with E-state index in [0.717, 1.165) is 5.69 Å². The summed E-state index contributed by atoms with van der Waals surface area (Å²) in [6, 6.07) is 9.58. The summed E-state index contributed by atoms with van der Waals surface area (Å²) in [6.07, 6.45) is 4.60. The van der Waals surface area contributed by atoms with Crippen LogP contribution in [0.15, 0.2) is 67.5 Å². The minimum atomic E-state index is -0.456. The summed E-state index contributed by atoms with van der Waals surface area (Å²) in [5, 5.41) is 0. The van der Waals surface area contributed by atoms with Crippen LogP contribution in [-0.2, 0) is 9.53 Å². The van der Waals surface area contributed by atoms with Crippen molar-refractivity contribution in [2.24, 2.45) is 0 Å². The number of rotatable bonds is 5. The second kappa shape index (κ2) is 5.57. The van der Waals surface area contributed by atoms with Crippen LogP contribution >= 0.6 is 0 Å². The van der Waals surface area contributed by atoms with Gasteiger partial charge in [-0.1, -0.05) is 43.5 Å². The van der Waals surface area contributed by atoms with Crippen molar-refractivity contribution in [2.75, 3.05) is 4.90 Å². The van der Waals surface area contributed by atoms with Crippen molar-refractivity contribution in [3.8, 4) is 0 Å². The summed E-state index contributed by atoms with van der Waals surface area (Å²) in [7, 11) is 0. The van der Waals surface area contributed by atoms with E-state index >= 15 is 0 Å². The molecule has 2 unspecified atom stereocenters. The Labute approximate surface area is 113 Å². The highest BCUT2D eigenvalue weighted by Crippen LogP contribution is 2.30. The predicted octanol–water partition coefficient (Wildman–Crippen LogP) is 3.06. The van der Waals surface area contributed by atoms with E-state index in [-0.39, 0.29) is 11.9 Å². The average molecular weight is 255 g/mol. The fraction of sp³-hybridized carbons (Fsp3) is 0.188. The molecule has 0 aliphatic carbocycles. The van der Waals surface area contributed by atoms with Gasteiger partial charge in [0.1, 0.15) is 5.76 Å². The van der Waals surface area contributed by atoms with Crippen LogP contribution in [-0.4, -0.2) is 18.1 Å². The number of benzene rings is 1. The first-order chi connectivity index (χ1) is 9.15. The molecule has 3 heteroatoms. The molecule has 0 radical (unpaired) electrons. The third-order valence-electron chi connectivity index (χ3n) is 3.06. The Bertz CT molecular complexity index is 519. The van der Waals surface area contributed by atoms with Crippen molar-refractivity contribution >= 4 is 11.6 Å². The monoisotopic (exact) mass is 255 g/mol. The molecule has 3 nitrogen and oxygen atoms in total. The van der Waals surface area contributed by atoms with Gasteiger partial charge in [0.2, 0.25) is 0 Å². The standard InChI is InChI=1S/C16H17NO2/c1-4-5-9-12(2)19-15-13(3)17(16(15)18)14-10-7-6-8-11-14/h4-11,13,15H,1-2H2,3H3/b9-5-. The third-order valence-corrected chi connectivity index (χ3v) is 3.06. The Morgan fingerprint density at radius 1 is 1.37 bits per heavy atom. The Morgan fingerprint density at radius 2 is 2.05 bits per heavy atom. The molecule has 2 atom stereocenters. The molecular weight excluding hydrogens is 238 g/mol. The minimum Gasteiger partial charge on any atom is -0.479 e. The third kappa shape index (κ3) is 2.60. The zero-order valence-corrected chi connectivity index (χ0v) is 11.0. The average Bonchev–Trinajstić information content (AvgIpc) is 2.44. The largest absolute Gasteiger partial charge is 0.479 e. The molecule has 0 saturated carbocycles. The van der Waals surface area contributed by atoms with Crippen LogP contribution in [0.25, 0.3) is 0 Å². The Balaban J connectivity index is 2.01. The number of hydrogen-bond donors (Lipinski definition) is 0. The molecule has 0 bridgehead atoms. The molecule has 1 saturated heterocycles. The van der Waals surface area contributed by atoms with E-state index in [1.807, 2.05) is 37.3 Å². The van der Waals surface area contributed by atoms with Gasteiger partial charge < -0.3 is 9.64 Å². The van der Waals surface area contributed by atoms with Crippen molar-refractivity contribution in [1.29, 1.82) is 0 Å². The molecule has 1 aromatic rings. The van der Waals surface area contributed by atoms with Gasteiger partial charge >= 0.3 is 0 Å². The first-order valence-electron chi connectivity index (χ1n) is 6.18. The van der Waals surface area contributed by atoms with E-state index in [4.69, 9.17) is 4.74 Å². The molecular formula is C16H17NO2. The second-order valence-electron chi connectivity index (χ2n) is 4.38. The number of allylic oxidation sites excluding steroid dienone is 3. The molecule has 0 N–H and O–H groups in total. The second-order valence-corrected chi connectivity index (χ2v) is 4.38. The van der Waals surface area contributed by atoms with E-state index in [2.05, 4.69) is 13.2 Å². The number of para-hydroxylation sites is 1. The van der Waals surface area contributed by atoms with Crippen molar-refractivity contribution in [3.05, 3.63) is 67.5 Å². The summed E-state index contributed by atoms with van der Waals surface area (Å²) >= 11 is 0. The number of nitrogens with zero attached hydrogens (tertiary/aromatic N) is 1. The molecule has 1 amide bonds. The van der Waals surface area contributed by atoms with Gasteiger partial charge in [-0.25, -0.2) is 0 Å². The van der Waals surface area contributed by atoms with Gasteiger partial charge in [0.15, 0.2) is 6.10 Å². The Kier molecular flexibility index (Phi) is 3.85. The summed E-state index contributed by atoms with van der Waals surface area (Å²) in [5.41, 5.74) is 0.895. The maximum Gasteiger partial charge on any atom is 0.270 e. The highest BCUT2D eigenvalue weighted by molar-refractivity contribution is 6.04. The fourth-order valence-electron chi connectivity index (χ4n) is 2.07. The van der Waals surface area contributed by atoms with Crippen LogP contribution in [0, 0.1) is 0 Å². The Hall–Kier alpha value is -2.29. The van der Waals surface area contributed by atoms with E-state index < -0.39 is 6.10 Å². The number of ether oxygens (including phenoxy) is 1. The molecule has 0 spiro atoms. The molecule has 98 valence electrons. The maximum atomic E-state index is 12.1.